The fourth-order valence-electron chi connectivity index (χ4n) is 18.9. The maximum absolute atomic E-state index is 16.0. The van der Waals surface area contributed by atoms with Crippen molar-refractivity contribution < 1.29 is 96.5 Å². The average Bonchev–Trinajstić information content (AvgIpc) is 1.64. The molecule has 760 valence electrons. The first kappa shape index (κ1) is 109. The molecule has 4 fully saturated rings. The van der Waals surface area contributed by atoms with Crippen molar-refractivity contribution in [1.29, 1.82) is 0 Å². The number of likely N-dealkylation sites (N-methyl/N-ethyl adjacent to an activating group) is 3. The number of carboxylic acid groups (broad SMARTS) is 1. The lowest BCUT2D eigenvalue weighted by Gasteiger charge is -2.36. The Kier molecular flexibility index (Phi) is 40.9. The predicted molar refractivity (Wildman–Crippen MR) is 518 cm³/mol. The molecule has 0 unspecified atom stereocenters. The Morgan fingerprint density at radius 2 is 1.09 bits per heavy atom. The van der Waals surface area contributed by atoms with E-state index in [0.29, 0.717) is 64.2 Å². The molecule has 140 heavy (non-hydrogen) atoms. The Morgan fingerprint density at radius 3 is 1.72 bits per heavy atom. The van der Waals surface area contributed by atoms with Gasteiger partial charge in [-0.2, -0.15) is 0 Å². The van der Waals surface area contributed by atoms with E-state index in [1.54, 1.807) is 30.6 Å². The van der Waals surface area contributed by atoms with Crippen LogP contribution in [0.5, 0.6) is 5.75 Å². The highest BCUT2D eigenvalue weighted by Crippen LogP contribution is 2.40. The first-order valence-corrected chi connectivity index (χ1v) is 49.4. The van der Waals surface area contributed by atoms with Gasteiger partial charge >= 0.3 is 5.97 Å². The van der Waals surface area contributed by atoms with E-state index < -0.39 is 234 Å². The Morgan fingerprint density at radius 1 is 0.514 bits per heavy atom. The van der Waals surface area contributed by atoms with Crippen molar-refractivity contribution in [2.75, 3.05) is 65.4 Å². The number of carbonyl (C=O) groups excluding carboxylic acids is 17. The number of ketones is 1. The van der Waals surface area contributed by atoms with Crippen LogP contribution in [0.3, 0.4) is 0 Å². The van der Waals surface area contributed by atoms with Crippen LogP contribution in [0.15, 0.2) is 97.7 Å². The molecule has 22 N–H and O–H groups in total. The lowest BCUT2D eigenvalue weighted by atomic mass is 9.78. The van der Waals surface area contributed by atoms with Gasteiger partial charge in [0.2, 0.25) is 94.5 Å². The molecule has 1 saturated carbocycles. The maximum Gasteiger partial charge on any atom is 0.303 e. The minimum atomic E-state index is -1.80. The van der Waals surface area contributed by atoms with E-state index in [1.165, 1.54) is 79.6 Å². The number of nitrogens with one attached hydrogen (secondary N) is 12. The molecule has 3 aromatic heterocycles. The van der Waals surface area contributed by atoms with Gasteiger partial charge in [0, 0.05) is 118 Å². The average molecular weight is 1960 g/mol. The number of para-hydroxylation sites is 2. The van der Waals surface area contributed by atoms with Crippen molar-refractivity contribution >= 4 is 140 Å². The number of rotatable bonds is 28. The van der Waals surface area contributed by atoms with E-state index in [1.807, 2.05) is 44.2 Å². The molecule has 1 aliphatic carbocycles. The molecule has 6 aromatic rings. The van der Waals surface area contributed by atoms with E-state index in [4.69, 9.17) is 22.9 Å². The van der Waals surface area contributed by atoms with Crippen LogP contribution in [0.4, 0.5) is 0 Å². The number of Topliss-reactive ketones (excluding diaryl/α,β-unsaturated/α-hetero) is 1. The fraction of sp³-hybridized carbons (Fsp3) is 0.557. The Labute approximate surface area is 816 Å². The summed E-state index contributed by atoms with van der Waals surface area (Å²) in [5.41, 5.74) is 26.7. The smallest absolute Gasteiger partial charge is 0.303 e. The van der Waals surface area contributed by atoms with Crippen molar-refractivity contribution in [3.8, 4) is 5.75 Å². The van der Waals surface area contributed by atoms with Crippen LogP contribution in [0, 0.1) is 17.8 Å². The zero-order valence-electron chi connectivity index (χ0n) is 80.2. The number of benzene rings is 3. The molecular weight excluding hydrogens is 1830 g/mol. The first-order valence-electron chi connectivity index (χ1n) is 48.3. The largest absolute Gasteiger partial charge is 0.508 e. The number of imidazole rings is 1. The number of amides is 16. The van der Waals surface area contributed by atoms with Crippen molar-refractivity contribution in [2.24, 2.45) is 40.7 Å². The molecule has 4 aliphatic rings. The zero-order chi connectivity index (χ0) is 102. The maximum atomic E-state index is 16.0. The van der Waals surface area contributed by atoms with Crippen LogP contribution >= 0.6 is 11.8 Å². The van der Waals surface area contributed by atoms with E-state index in [9.17, 15) is 48.6 Å². The summed E-state index contributed by atoms with van der Waals surface area (Å²) in [6, 6.07) is 0.462. The number of primary amides is 2. The number of hydrogen-bond donors (Lipinski definition) is 18. The molecule has 0 spiro atoms. The van der Waals surface area contributed by atoms with Crippen molar-refractivity contribution in [2.45, 2.75) is 260 Å². The van der Waals surface area contributed by atoms with Gasteiger partial charge in [-0.15, -0.1) is 11.8 Å². The van der Waals surface area contributed by atoms with E-state index >= 15 is 47.9 Å². The van der Waals surface area contributed by atoms with Gasteiger partial charge in [-0.25, -0.2) is 4.98 Å². The molecule has 15 atom stereocenters. The summed E-state index contributed by atoms with van der Waals surface area (Å²) >= 11 is 0.783. The number of phenols is 1. The number of aromatic hydroxyl groups is 1. The molecule has 3 aliphatic heterocycles. The highest BCUT2D eigenvalue weighted by atomic mass is 32.2. The normalized spacial score (nSPS) is 25.1. The van der Waals surface area contributed by atoms with E-state index in [-0.39, 0.29) is 127 Å². The summed E-state index contributed by atoms with van der Waals surface area (Å²) in [6.45, 7) is 3.95. The third kappa shape index (κ3) is 29.9. The van der Waals surface area contributed by atoms with Crippen LogP contribution in [-0.4, -0.2) is 305 Å². The number of thioether (sulfide) groups is 1. The standard InChI is InChI=1S/C97H136N22O20S/c1-7-9-27-76-91(133)109-68(26-18-37-98)88(130)114-75(87(129)105-50-82(101)123)52-140-53-83(124)107-72(40-56-30-32-63(120)33-31-56)93(135)115(4)55(3)85(127)112-74(46-81(100)122)96(138)118-39-19-29-77(118)92(134)111-71(45-62-49-102-54-106-62)90(132)110-70(34-35-84(125)126)95(137)119-51-61(57-20-12-11-13-21-57)43-79(119)80(121)44-58(41-59-47-103-66-24-16-14-22-64(59)66)86(128)108-69(36-38-99)89(131)113-73(42-60-48-104-67-25-17-15-23-65(60)67)94(136)117(6)78(28-10-8-2)97(139)116(76)5/h14-17,22-25,30-33,47-49,54-55,57-58,61,68-79,103-104,120H,7-13,18-21,26-29,34-46,50-53,98-99H2,1-6H3,(H2,100,122)(H2,101,123)(H,102,106)(H,105,129)(H,107,124)(H,108,128)(H,109,133)(H,110,132)(H,111,134)(H,112,127)(H,113,131)(H,114,130)(H,125,126)/t55-,58+,61+,68-,69-,70-,71-,72-,73-,74-,75-,76-,77-,78-,79-/m0/s1. The van der Waals surface area contributed by atoms with Gasteiger partial charge in [0.05, 0.1) is 36.8 Å². The van der Waals surface area contributed by atoms with Crippen LogP contribution in [0.2, 0.25) is 0 Å². The second-order valence-corrected chi connectivity index (χ2v) is 37.9. The van der Waals surface area contributed by atoms with Gasteiger partial charge in [-0.3, -0.25) is 86.3 Å². The number of aliphatic carboxylic acids is 1. The molecule has 3 aromatic carbocycles. The van der Waals surface area contributed by atoms with Gasteiger partial charge in [0.1, 0.15) is 78.3 Å². The number of nitrogens with two attached hydrogens (primary N) is 4. The topological polar surface area (TPSA) is 637 Å². The number of carboxylic acids is 1. The number of phenolic OH excluding ortho intramolecular Hbond substituents is 1. The molecule has 43 heteroatoms. The lowest BCUT2D eigenvalue weighted by Crippen LogP contribution is -2.60. The molecular formula is C97H136N22O20S. The Balaban J connectivity index is 1.04. The molecule has 0 bridgehead atoms. The molecule has 3 saturated heterocycles. The molecule has 42 nitrogen and oxygen atoms in total. The first-order chi connectivity index (χ1) is 67.0. The van der Waals surface area contributed by atoms with E-state index in [2.05, 4.69) is 67.8 Å². The number of fused-ring (bicyclic) bond motifs is 4. The van der Waals surface area contributed by atoms with Crippen LogP contribution in [-0.2, 0) is 112 Å². The van der Waals surface area contributed by atoms with Crippen molar-refractivity contribution in [3.63, 3.8) is 0 Å². The Hall–Kier alpha value is -13.3. The summed E-state index contributed by atoms with van der Waals surface area (Å²) in [4.78, 5) is 286. The highest BCUT2D eigenvalue weighted by Gasteiger charge is 2.48. The van der Waals surface area contributed by atoms with Crippen LogP contribution < -0.4 is 70.8 Å². The zero-order valence-corrected chi connectivity index (χ0v) is 81.1. The van der Waals surface area contributed by atoms with Gasteiger partial charge in [-0.1, -0.05) is 120 Å². The lowest BCUT2D eigenvalue weighted by molar-refractivity contribution is -0.149. The van der Waals surface area contributed by atoms with E-state index in [0.717, 1.165) is 53.7 Å². The SMILES string of the molecule is CCCC[C@H]1C(=O)N(C)[C@@H](CCCC)C(=O)N[C@@H](CCCN)C(=O)N[C@H](C(=O)NCC(N)=O)CSCC(=O)N[C@@H](Cc2ccc(O)cc2)C(=O)N(C)[C@@H](C)C(=O)N[C@@H](CC(N)=O)C(=O)N2CCC[C@H]2C(=O)N[C@@H](Cc2c[nH]cn2)C(=O)N[C@@H](CCC(=O)O)C(=O)N2C[C@H](C3CCCCC3)C[C@H]2C(=O)C[C@@H](Cc2c[nH]c3ccccc23)C(=O)N[C@@H](CCN)C(=O)N[C@@H](Cc2c[nH]c3ccccc23)C(=O)N1C. The number of unbranched alkanes of at least 4 members (excludes halogenated alkanes) is 2. The van der Waals surface area contributed by atoms with Crippen molar-refractivity contribution in [1.82, 2.24) is 92.3 Å². The second kappa shape index (κ2) is 52.6. The monoisotopic (exact) mass is 1960 g/mol. The minimum Gasteiger partial charge on any atom is -0.508 e. The fourth-order valence-corrected chi connectivity index (χ4v) is 19.8. The number of hydrogen-bond acceptors (Lipinski definition) is 23. The predicted octanol–water partition coefficient (Wildman–Crippen LogP) is 0.648. The third-order valence-corrected chi connectivity index (χ3v) is 27.9. The summed E-state index contributed by atoms with van der Waals surface area (Å²) in [6.07, 6.45) is 8.53. The molecule has 16 amide bonds. The van der Waals surface area contributed by atoms with Crippen LogP contribution in [0.1, 0.15) is 178 Å². The highest BCUT2D eigenvalue weighted by molar-refractivity contribution is 8.00. The second-order valence-electron chi connectivity index (χ2n) is 36.9. The quantitative estimate of drug-likeness (QED) is 0.0321. The van der Waals surface area contributed by atoms with Gasteiger partial charge in [0.25, 0.3) is 0 Å². The van der Waals surface area contributed by atoms with Gasteiger partial charge in [0.15, 0.2) is 5.78 Å². The number of H-pyrrole nitrogens is 3. The Bertz CT molecular complexity index is 5360. The summed E-state index contributed by atoms with van der Waals surface area (Å²) in [5.74, 6) is -19.1. The third-order valence-electron chi connectivity index (χ3n) is 26.9. The minimum absolute atomic E-state index is 0.00866. The molecule has 0 radical (unpaired) electrons. The molecule has 10 rings (SSSR count). The van der Waals surface area contributed by atoms with Gasteiger partial charge < -0.3 is 120 Å². The summed E-state index contributed by atoms with van der Waals surface area (Å²) < 4.78 is 0. The number of nitrogens with zero attached hydrogens (tertiary/aromatic N) is 6. The number of aromatic amines is 3. The van der Waals surface area contributed by atoms with Crippen molar-refractivity contribution in [3.05, 3.63) is 120 Å². The number of aromatic nitrogens is 4. The van der Waals surface area contributed by atoms with Crippen LogP contribution in [0.25, 0.3) is 21.8 Å². The molecule has 6 heterocycles. The van der Waals surface area contributed by atoms with Gasteiger partial charge in [-0.05, 0) is 137 Å². The summed E-state index contributed by atoms with van der Waals surface area (Å²) in [5, 5.41) is 46.2. The number of carbonyl (C=O) groups is 18. The summed E-state index contributed by atoms with van der Waals surface area (Å²) in [7, 11) is 4.01.